The maximum absolute atomic E-state index is 11.9. The third-order valence-electron chi connectivity index (χ3n) is 3.69. The first-order valence-corrected chi connectivity index (χ1v) is 8.77. The normalized spacial score (nSPS) is 10.6. The molecule has 0 radical (unpaired) electrons. The van der Waals surface area contributed by atoms with Crippen LogP contribution in [0.15, 0.2) is 64.0 Å². The highest BCUT2D eigenvalue weighted by molar-refractivity contribution is 6.30. The Morgan fingerprint density at radius 1 is 1.19 bits per heavy atom. The molecular formula is C19H18ClN3O4. The molecule has 1 amide bonds. The fraction of sp³-hybridized carbons (Fsp3) is 0.211. The lowest BCUT2D eigenvalue weighted by atomic mass is 10.3. The molecule has 8 heteroatoms. The average Bonchev–Trinajstić information content (AvgIpc) is 3.21. The Balaban J connectivity index is 1.43. The molecular weight excluding hydrogens is 370 g/mol. The van der Waals surface area contributed by atoms with Gasteiger partial charge in [0.1, 0.15) is 11.4 Å². The van der Waals surface area contributed by atoms with Gasteiger partial charge in [0.2, 0.25) is 0 Å². The zero-order chi connectivity index (χ0) is 19.1. The van der Waals surface area contributed by atoms with Crippen LogP contribution in [-0.4, -0.2) is 28.8 Å². The minimum Gasteiger partial charge on any atom is -0.484 e. The van der Waals surface area contributed by atoms with Crippen molar-refractivity contribution in [3.8, 4) is 17.2 Å². The first-order chi connectivity index (χ1) is 13.1. The Bertz CT molecular complexity index is 936. The van der Waals surface area contributed by atoms with Crippen molar-refractivity contribution in [2.45, 2.75) is 13.0 Å². The SMILES string of the molecule is O=C(COc1ccc(Cl)cc1)NCCCn1nc(-c2ccco2)ccc1=O. The summed E-state index contributed by atoms with van der Waals surface area (Å²) in [6.07, 6.45) is 2.11. The Hall–Kier alpha value is -3.06. The van der Waals surface area contributed by atoms with E-state index in [4.69, 9.17) is 20.8 Å². The Morgan fingerprint density at radius 2 is 2.00 bits per heavy atom. The van der Waals surface area contributed by atoms with E-state index < -0.39 is 0 Å². The van der Waals surface area contributed by atoms with Gasteiger partial charge in [0, 0.05) is 24.2 Å². The minimum atomic E-state index is -0.241. The highest BCUT2D eigenvalue weighted by atomic mass is 35.5. The molecule has 140 valence electrons. The first-order valence-electron chi connectivity index (χ1n) is 8.39. The van der Waals surface area contributed by atoms with Gasteiger partial charge in [0.15, 0.2) is 12.4 Å². The number of benzene rings is 1. The van der Waals surface area contributed by atoms with Crippen molar-refractivity contribution in [3.63, 3.8) is 0 Å². The average molecular weight is 388 g/mol. The van der Waals surface area contributed by atoms with Crippen LogP contribution in [-0.2, 0) is 11.3 Å². The number of halogens is 1. The van der Waals surface area contributed by atoms with Crippen molar-refractivity contribution in [1.82, 2.24) is 15.1 Å². The van der Waals surface area contributed by atoms with Gasteiger partial charge in [-0.1, -0.05) is 11.6 Å². The smallest absolute Gasteiger partial charge is 0.266 e. The second kappa shape index (κ2) is 9.05. The molecule has 27 heavy (non-hydrogen) atoms. The third kappa shape index (κ3) is 5.46. The highest BCUT2D eigenvalue weighted by Crippen LogP contribution is 2.16. The number of hydrogen-bond acceptors (Lipinski definition) is 5. The summed E-state index contributed by atoms with van der Waals surface area (Å²) in [5.74, 6) is 0.922. The van der Waals surface area contributed by atoms with Gasteiger partial charge in [-0.3, -0.25) is 9.59 Å². The topological polar surface area (TPSA) is 86.4 Å². The van der Waals surface area contributed by atoms with Crippen molar-refractivity contribution in [2.24, 2.45) is 0 Å². The summed E-state index contributed by atoms with van der Waals surface area (Å²) in [7, 11) is 0. The molecule has 0 bridgehead atoms. The van der Waals surface area contributed by atoms with Crippen LogP contribution in [0.1, 0.15) is 6.42 Å². The number of rotatable bonds is 8. The molecule has 0 saturated carbocycles. The van der Waals surface area contributed by atoms with E-state index in [-0.39, 0.29) is 18.1 Å². The van der Waals surface area contributed by atoms with Gasteiger partial charge in [-0.15, -0.1) is 0 Å². The van der Waals surface area contributed by atoms with Crippen molar-refractivity contribution in [2.75, 3.05) is 13.2 Å². The molecule has 3 aromatic rings. The Morgan fingerprint density at radius 3 is 2.74 bits per heavy atom. The van der Waals surface area contributed by atoms with Gasteiger partial charge in [0.05, 0.1) is 6.26 Å². The number of carbonyl (C=O) groups is 1. The summed E-state index contributed by atoms with van der Waals surface area (Å²) in [6, 6.07) is 13.4. The van der Waals surface area contributed by atoms with E-state index in [2.05, 4.69) is 10.4 Å². The van der Waals surface area contributed by atoms with Gasteiger partial charge in [0.25, 0.3) is 11.5 Å². The van der Waals surface area contributed by atoms with Crippen LogP contribution in [0.2, 0.25) is 5.02 Å². The molecule has 0 fully saturated rings. The van der Waals surface area contributed by atoms with Crippen molar-refractivity contribution < 1.29 is 13.9 Å². The lowest BCUT2D eigenvalue weighted by Gasteiger charge is -2.08. The third-order valence-corrected chi connectivity index (χ3v) is 3.94. The zero-order valence-corrected chi connectivity index (χ0v) is 15.2. The van der Waals surface area contributed by atoms with E-state index in [0.717, 1.165) is 0 Å². The van der Waals surface area contributed by atoms with Crippen molar-refractivity contribution in [3.05, 3.63) is 70.2 Å². The molecule has 2 heterocycles. The summed E-state index contributed by atoms with van der Waals surface area (Å²) in [5, 5.41) is 7.62. The van der Waals surface area contributed by atoms with E-state index in [9.17, 15) is 9.59 Å². The van der Waals surface area contributed by atoms with Crippen LogP contribution < -0.4 is 15.6 Å². The predicted octanol–water partition coefficient (Wildman–Crippen LogP) is 2.74. The zero-order valence-electron chi connectivity index (χ0n) is 14.4. The fourth-order valence-corrected chi connectivity index (χ4v) is 2.48. The number of aromatic nitrogens is 2. The van der Waals surface area contributed by atoms with Gasteiger partial charge in [-0.05, 0) is 48.9 Å². The second-order valence-corrected chi connectivity index (χ2v) is 6.14. The van der Waals surface area contributed by atoms with Crippen molar-refractivity contribution >= 4 is 17.5 Å². The van der Waals surface area contributed by atoms with Gasteiger partial charge >= 0.3 is 0 Å². The number of carbonyl (C=O) groups excluding carboxylic acids is 1. The van der Waals surface area contributed by atoms with E-state index >= 15 is 0 Å². The van der Waals surface area contributed by atoms with Crippen LogP contribution in [0.4, 0.5) is 0 Å². The Labute approximate surface area is 160 Å². The molecule has 0 aliphatic heterocycles. The molecule has 0 atom stereocenters. The van der Waals surface area contributed by atoms with Crippen LogP contribution in [0.25, 0.3) is 11.5 Å². The van der Waals surface area contributed by atoms with Gasteiger partial charge < -0.3 is 14.5 Å². The molecule has 0 unspecified atom stereocenters. The largest absolute Gasteiger partial charge is 0.484 e. The van der Waals surface area contributed by atoms with Gasteiger partial charge in [-0.25, -0.2) is 4.68 Å². The van der Waals surface area contributed by atoms with E-state index in [1.807, 2.05) is 0 Å². The number of aryl methyl sites for hydroxylation is 1. The van der Waals surface area contributed by atoms with Gasteiger partial charge in [-0.2, -0.15) is 5.10 Å². The maximum Gasteiger partial charge on any atom is 0.266 e. The molecule has 0 aliphatic rings. The number of nitrogens with zero attached hydrogens (tertiary/aromatic N) is 2. The molecule has 1 aromatic carbocycles. The number of hydrogen-bond donors (Lipinski definition) is 1. The van der Waals surface area contributed by atoms with E-state index in [0.29, 0.717) is 41.7 Å². The van der Waals surface area contributed by atoms with Crippen molar-refractivity contribution in [1.29, 1.82) is 0 Å². The lowest BCUT2D eigenvalue weighted by molar-refractivity contribution is -0.123. The van der Waals surface area contributed by atoms with Crippen LogP contribution in [0.5, 0.6) is 5.75 Å². The van der Waals surface area contributed by atoms with E-state index in [1.165, 1.54) is 10.7 Å². The monoisotopic (exact) mass is 387 g/mol. The molecule has 3 rings (SSSR count). The summed E-state index contributed by atoms with van der Waals surface area (Å²) < 4.78 is 12.0. The Kier molecular flexibility index (Phi) is 6.27. The quantitative estimate of drug-likeness (QED) is 0.600. The number of ether oxygens (including phenoxy) is 1. The summed E-state index contributed by atoms with van der Waals surface area (Å²) in [6.45, 7) is 0.696. The molecule has 1 N–H and O–H groups in total. The standard InChI is InChI=1S/C19H18ClN3O4/c20-14-4-6-15(7-5-14)27-13-18(24)21-10-2-11-23-19(25)9-8-16(22-23)17-3-1-12-26-17/h1,3-9,12H,2,10-11,13H2,(H,21,24). The summed E-state index contributed by atoms with van der Waals surface area (Å²) in [4.78, 5) is 23.7. The lowest BCUT2D eigenvalue weighted by Crippen LogP contribution is -2.31. The molecule has 2 aromatic heterocycles. The predicted molar refractivity (Wildman–Crippen MR) is 101 cm³/mol. The number of amides is 1. The fourth-order valence-electron chi connectivity index (χ4n) is 2.35. The molecule has 0 spiro atoms. The minimum absolute atomic E-state index is 0.0895. The first kappa shape index (κ1) is 18.7. The molecule has 0 aliphatic carbocycles. The van der Waals surface area contributed by atoms with E-state index in [1.54, 1.807) is 48.7 Å². The maximum atomic E-state index is 11.9. The highest BCUT2D eigenvalue weighted by Gasteiger charge is 2.06. The summed E-state index contributed by atoms with van der Waals surface area (Å²) in [5.41, 5.74) is 0.378. The van der Waals surface area contributed by atoms with Crippen LogP contribution in [0.3, 0.4) is 0 Å². The summed E-state index contributed by atoms with van der Waals surface area (Å²) >= 11 is 5.79. The number of nitrogens with one attached hydrogen (secondary N) is 1. The molecule has 7 nitrogen and oxygen atoms in total. The van der Waals surface area contributed by atoms with Crippen LogP contribution in [0, 0.1) is 0 Å². The second-order valence-electron chi connectivity index (χ2n) is 5.70. The number of furan rings is 1. The molecule has 0 saturated heterocycles. The van der Waals surface area contributed by atoms with Crippen LogP contribution >= 0.6 is 11.6 Å².